The lowest BCUT2D eigenvalue weighted by Crippen LogP contribution is -2.28. The van der Waals surface area contributed by atoms with E-state index in [1.807, 2.05) is 13.8 Å². The lowest BCUT2D eigenvalue weighted by molar-refractivity contribution is 0.0400. The van der Waals surface area contributed by atoms with E-state index in [1.165, 1.54) is 6.42 Å². The molecule has 1 rings (SSSR count). The van der Waals surface area contributed by atoms with Crippen LogP contribution in [0.5, 0.6) is 0 Å². The predicted octanol–water partition coefficient (Wildman–Crippen LogP) is 5.35. The van der Waals surface area contributed by atoms with Crippen LogP contribution in [0.1, 0.15) is 61.3 Å². The van der Waals surface area contributed by atoms with Crippen molar-refractivity contribution in [3.05, 3.63) is 24.0 Å². The normalized spacial score (nSPS) is 19.8. The third-order valence-electron chi connectivity index (χ3n) is 3.86. The van der Waals surface area contributed by atoms with Gasteiger partial charge >= 0.3 is 0 Å². The molecule has 0 bridgehead atoms. The molecule has 0 radical (unpaired) electrons. The van der Waals surface area contributed by atoms with E-state index < -0.39 is 0 Å². The molecule has 0 N–H and O–H groups in total. The Labute approximate surface area is 131 Å². The fraction of sp³-hybridized carbons (Fsp3) is 0.789. The zero-order valence-electron chi connectivity index (χ0n) is 15.0. The molecule has 1 unspecified atom stereocenters. The van der Waals surface area contributed by atoms with Crippen molar-refractivity contribution >= 4 is 0 Å². The first-order valence-electron chi connectivity index (χ1n) is 8.23. The lowest BCUT2D eigenvalue weighted by Gasteiger charge is -2.38. The van der Waals surface area contributed by atoms with Crippen molar-refractivity contribution in [2.24, 2.45) is 16.7 Å². The Hall–Kier alpha value is -0.760. The lowest BCUT2D eigenvalue weighted by atomic mass is 9.67. The first kappa shape index (κ1) is 18.3. The van der Waals surface area contributed by atoms with Crippen LogP contribution in [-0.4, -0.2) is 19.3 Å². The molecule has 0 aromatic rings. The summed E-state index contributed by atoms with van der Waals surface area (Å²) in [4.78, 5) is 0. The molecule has 0 heterocycles. The van der Waals surface area contributed by atoms with Crippen LogP contribution >= 0.6 is 0 Å². The summed E-state index contributed by atoms with van der Waals surface area (Å²) in [6, 6.07) is 0. The molecule has 0 saturated heterocycles. The highest BCUT2D eigenvalue weighted by Crippen LogP contribution is 2.42. The van der Waals surface area contributed by atoms with Gasteiger partial charge in [0.1, 0.15) is 12.4 Å². The number of allylic oxidation sites excluding steroid dienone is 3. The molecule has 21 heavy (non-hydrogen) atoms. The first-order valence-corrected chi connectivity index (χ1v) is 8.23. The number of hydrogen-bond donors (Lipinski definition) is 0. The minimum Gasteiger partial charge on any atom is -0.492 e. The van der Waals surface area contributed by atoms with E-state index in [4.69, 9.17) is 9.47 Å². The van der Waals surface area contributed by atoms with Crippen molar-refractivity contribution in [3.8, 4) is 0 Å². The molecule has 0 fully saturated rings. The van der Waals surface area contributed by atoms with Gasteiger partial charge in [0, 0.05) is 0 Å². The van der Waals surface area contributed by atoms with E-state index in [9.17, 15) is 0 Å². The molecular weight excluding hydrogens is 260 g/mol. The van der Waals surface area contributed by atoms with Crippen molar-refractivity contribution in [1.82, 2.24) is 0 Å². The molecule has 1 atom stereocenters. The van der Waals surface area contributed by atoms with Gasteiger partial charge in [0.05, 0.1) is 12.7 Å². The number of hydrogen-bond acceptors (Lipinski definition) is 2. The van der Waals surface area contributed by atoms with E-state index >= 15 is 0 Å². The zero-order chi connectivity index (χ0) is 16.1. The molecule has 1 aliphatic rings. The van der Waals surface area contributed by atoms with Crippen LogP contribution in [0.2, 0.25) is 0 Å². The summed E-state index contributed by atoms with van der Waals surface area (Å²) < 4.78 is 11.2. The second-order valence-electron chi connectivity index (χ2n) is 8.30. The van der Waals surface area contributed by atoms with E-state index in [2.05, 4.69) is 52.8 Å². The maximum atomic E-state index is 5.74. The molecule has 0 amide bonds. The molecule has 2 nitrogen and oxygen atoms in total. The van der Waals surface area contributed by atoms with Gasteiger partial charge in [0.25, 0.3) is 0 Å². The third kappa shape index (κ3) is 7.17. The standard InChI is InChI=1S/C19H34O2/c1-15(2)20-12-13-21-17-10-8-16(9-11-17)19(6,7)14-18(3,4)5/h8,10-11,15-16H,9,12-14H2,1-7H3. The van der Waals surface area contributed by atoms with Crippen LogP contribution in [-0.2, 0) is 9.47 Å². The van der Waals surface area contributed by atoms with Crippen LogP contribution in [0.25, 0.3) is 0 Å². The average molecular weight is 294 g/mol. The predicted molar refractivity (Wildman–Crippen MR) is 90.2 cm³/mol. The van der Waals surface area contributed by atoms with Crippen LogP contribution in [0.3, 0.4) is 0 Å². The maximum absolute atomic E-state index is 5.74. The van der Waals surface area contributed by atoms with Gasteiger partial charge in [-0.25, -0.2) is 0 Å². The van der Waals surface area contributed by atoms with Gasteiger partial charge < -0.3 is 9.47 Å². The van der Waals surface area contributed by atoms with E-state index in [0.717, 1.165) is 12.2 Å². The van der Waals surface area contributed by atoms with Crippen LogP contribution in [0.4, 0.5) is 0 Å². The Balaban J connectivity index is 2.42. The molecule has 0 aromatic heterocycles. The molecule has 0 aliphatic heterocycles. The van der Waals surface area contributed by atoms with Crippen molar-refractivity contribution in [2.45, 2.75) is 67.4 Å². The van der Waals surface area contributed by atoms with E-state index in [-0.39, 0.29) is 6.10 Å². The quantitative estimate of drug-likeness (QED) is 0.589. The minimum absolute atomic E-state index is 0.270. The monoisotopic (exact) mass is 294 g/mol. The van der Waals surface area contributed by atoms with Gasteiger partial charge in [-0.2, -0.15) is 0 Å². The van der Waals surface area contributed by atoms with Gasteiger partial charge in [-0.1, -0.05) is 40.7 Å². The summed E-state index contributed by atoms with van der Waals surface area (Å²) >= 11 is 0. The summed E-state index contributed by atoms with van der Waals surface area (Å²) in [5.41, 5.74) is 0.684. The summed E-state index contributed by atoms with van der Waals surface area (Å²) in [5, 5.41) is 0. The highest BCUT2D eigenvalue weighted by atomic mass is 16.5. The third-order valence-corrected chi connectivity index (χ3v) is 3.86. The maximum Gasteiger partial charge on any atom is 0.115 e. The van der Waals surface area contributed by atoms with Gasteiger partial charge in [0.2, 0.25) is 0 Å². The fourth-order valence-electron chi connectivity index (χ4n) is 3.23. The zero-order valence-corrected chi connectivity index (χ0v) is 15.0. The summed E-state index contributed by atoms with van der Waals surface area (Å²) in [5.74, 6) is 1.58. The SMILES string of the molecule is CC(C)OCCOC1=CCC(C(C)(C)CC(C)(C)C)C=C1. The topological polar surface area (TPSA) is 18.5 Å². The molecule has 0 aromatic carbocycles. The molecule has 0 spiro atoms. The molecule has 2 heteroatoms. The van der Waals surface area contributed by atoms with Crippen LogP contribution in [0.15, 0.2) is 24.0 Å². The summed E-state index contributed by atoms with van der Waals surface area (Å²) in [6.45, 7) is 17.1. The Bertz CT molecular complexity index is 370. The van der Waals surface area contributed by atoms with Crippen LogP contribution < -0.4 is 0 Å². The van der Waals surface area contributed by atoms with Crippen molar-refractivity contribution in [3.63, 3.8) is 0 Å². The fourth-order valence-corrected chi connectivity index (χ4v) is 3.23. The summed E-state index contributed by atoms with van der Waals surface area (Å²) in [7, 11) is 0. The number of rotatable bonds is 7. The Morgan fingerprint density at radius 2 is 1.81 bits per heavy atom. The average Bonchev–Trinajstić information content (AvgIpc) is 2.32. The van der Waals surface area contributed by atoms with E-state index in [0.29, 0.717) is 30.0 Å². The van der Waals surface area contributed by atoms with Crippen LogP contribution in [0, 0.1) is 16.7 Å². The smallest absolute Gasteiger partial charge is 0.115 e. The highest BCUT2D eigenvalue weighted by Gasteiger charge is 2.32. The Morgan fingerprint density at radius 3 is 2.29 bits per heavy atom. The van der Waals surface area contributed by atoms with Gasteiger partial charge in [-0.05, 0) is 55.6 Å². The molecule has 1 aliphatic carbocycles. The Kier molecular flexibility index (Phi) is 6.52. The van der Waals surface area contributed by atoms with Gasteiger partial charge in [-0.3, -0.25) is 0 Å². The highest BCUT2D eigenvalue weighted by molar-refractivity contribution is 5.20. The summed E-state index contributed by atoms with van der Waals surface area (Å²) in [6.07, 6.45) is 9.25. The molecule has 122 valence electrons. The second-order valence-corrected chi connectivity index (χ2v) is 8.30. The van der Waals surface area contributed by atoms with E-state index in [1.54, 1.807) is 0 Å². The largest absolute Gasteiger partial charge is 0.492 e. The Morgan fingerprint density at radius 1 is 1.14 bits per heavy atom. The van der Waals surface area contributed by atoms with Crippen molar-refractivity contribution in [2.75, 3.05) is 13.2 Å². The van der Waals surface area contributed by atoms with Gasteiger partial charge in [0.15, 0.2) is 0 Å². The second kappa shape index (κ2) is 7.49. The van der Waals surface area contributed by atoms with Crippen molar-refractivity contribution < 1.29 is 9.47 Å². The van der Waals surface area contributed by atoms with Crippen molar-refractivity contribution in [1.29, 1.82) is 0 Å². The first-order chi connectivity index (χ1) is 9.60. The number of ether oxygens (including phenoxy) is 2. The van der Waals surface area contributed by atoms with Gasteiger partial charge in [-0.15, -0.1) is 0 Å². The molecule has 0 saturated carbocycles. The molecular formula is C19H34O2. The minimum atomic E-state index is 0.270.